The number of methoxy groups -OCH3 is 1. The summed E-state index contributed by atoms with van der Waals surface area (Å²) in [6.45, 7) is 1.53. The van der Waals surface area contributed by atoms with Crippen molar-refractivity contribution in [3.05, 3.63) is 86.2 Å². The largest absolute Gasteiger partial charge is 0.497 e. The van der Waals surface area contributed by atoms with E-state index in [1.807, 2.05) is 0 Å². The van der Waals surface area contributed by atoms with Crippen LogP contribution in [0.1, 0.15) is 28.5 Å². The number of rotatable bonds is 6. The highest BCUT2D eigenvalue weighted by molar-refractivity contribution is 5.91. The third-order valence-electron chi connectivity index (χ3n) is 4.55. The Labute approximate surface area is 179 Å². The normalized spacial score (nSPS) is 11.3. The van der Waals surface area contributed by atoms with E-state index in [0.29, 0.717) is 5.75 Å². The Hall–Kier alpha value is -3.89. The molecule has 2 aromatic carbocycles. The second-order valence-corrected chi connectivity index (χ2v) is 6.69. The van der Waals surface area contributed by atoms with Crippen LogP contribution in [0.15, 0.2) is 58.1 Å². The van der Waals surface area contributed by atoms with E-state index in [1.54, 1.807) is 19.1 Å². The van der Waals surface area contributed by atoms with Crippen LogP contribution >= 0.6 is 0 Å². The number of halogens is 3. The Balaban J connectivity index is 2.13. The van der Waals surface area contributed by atoms with Crippen LogP contribution in [-0.4, -0.2) is 33.9 Å². The molecule has 0 bridgehead atoms. The summed E-state index contributed by atoms with van der Waals surface area (Å²) in [4.78, 5) is 38.2. The molecule has 3 aromatic rings. The molecule has 0 saturated heterocycles. The van der Waals surface area contributed by atoms with E-state index in [1.165, 1.54) is 31.4 Å². The van der Waals surface area contributed by atoms with Gasteiger partial charge < -0.3 is 10.1 Å². The third kappa shape index (κ3) is 4.71. The number of nitrogens with zero attached hydrogens (tertiary/aromatic N) is 3. The third-order valence-corrected chi connectivity index (χ3v) is 4.55. The fourth-order valence-corrected chi connectivity index (χ4v) is 2.91. The van der Waals surface area contributed by atoms with E-state index in [9.17, 15) is 27.6 Å². The van der Waals surface area contributed by atoms with E-state index in [-0.39, 0.29) is 24.3 Å². The number of ether oxygens (including phenoxy) is 1. The Kier molecular flexibility index (Phi) is 6.47. The lowest BCUT2D eigenvalue weighted by Crippen LogP contribution is -2.46. The molecule has 8 nitrogen and oxygen atoms in total. The molecule has 168 valence electrons. The van der Waals surface area contributed by atoms with Gasteiger partial charge in [0.1, 0.15) is 5.75 Å². The lowest BCUT2D eigenvalue weighted by atomic mass is 10.1. The molecule has 1 amide bonds. The average Bonchev–Trinajstić information content (AvgIpc) is 2.77. The predicted molar refractivity (Wildman–Crippen MR) is 109 cm³/mol. The molecule has 0 fully saturated rings. The molecule has 0 aliphatic heterocycles. The van der Waals surface area contributed by atoms with Gasteiger partial charge in [0.25, 0.3) is 11.5 Å². The number of benzene rings is 2. The summed E-state index contributed by atoms with van der Waals surface area (Å²) in [5, 5.41) is 6.39. The highest BCUT2D eigenvalue weighted by atomic mass is 19.4. The molecule has 0 unspecified atom stereocenters. The van der Waals surface area contributed by atoms with Crippen molar-refractivity contribution in [3.63, 3.8) is 0 Å². The molecule has 3 rings (SSSR count). The van der Waals surface area contributed by atoms with Gasteiger partial charge in [-0.3, -0.25) is 14.2 Å². The summed E-state index contributed by atoms with van der Waals surface area (Å²) >= 11 is 0. The number of carbonyl (C=O) groups excluding carboxylic acids is 1. The summed E-state index contributed by atoms with van der Waals surface area (Å²) < 4.78 is 45.2. The summed E-state index contributed by atoms with van der Waals surface area (Å²) in [5.41, 5.74) is -2.65. The minimum Gasteiger partial charge on any atom is -0.497 e. The lowest BCUT2D eigenvalue weighted by molar-refractivity contribution is -0.137. The van der Waals surface area contributed by atoms with E-state index < -0.39 is 34.6 Å². The molecule has 0 aliphatic carbocycles. The Morgan fingerprint density at radius 3 is 2.22 bits per heavy atom. The zero-order chi connectivity index (χ0) is 23.5. The SMILES string of the molecule is CCNC(=O)c1nn(-c2ccc(OC)cc2)c(=O)n(Cc2ccc(C(F)(F)F)cc2)c1=O. The van der Waals surface area contributed by atoms with Gasteiger partial charge in [0.15, 0.2) is 0 Å². The van der Waals surface area contributed by atoms with E-state index in [0.717, 1.165) is 21.4 Å². The maximum atomic E-state index is 13.0. The number of hydrogen-bond donors (Lipinski definition) is 1. The molecule has 0 spiro atoms. The van der Waals surface area contributed by atoms with Crippen LogP contribution in [-0.2, 0) is 12.7 Å². The molecule has 11 heteroatoms. The molecule has 1 heterocycles. The minimum absolute atomic E-state index is 0.223. The number of aromatic nitrogens is 3. The van der Waals surface area contributed by atoms with Gasteiger partial charge >= 0.3 is 11.9 Å². The first-order chi connectivity index (χ1) is 15.2. The van der Waals surface area contributed by atoms with Crippen molar-refractivity contribution in [2.45, 2.75) is 19.6 Å². The van der Waals surface area contributed by atoms with E-state index in [2.05, 4.69) is 10.4 Å². The molecule has 1 N–H and O–H groups in total. The minimum atomic E-state index is -4.52. The first-order valence-electron chi connectivity index (χ1n) is 9.48. The van der Waals surface area contributed by atoms with Crippen molar-refractivity contribution >= 4 is 5.91 Å². The van der Waals surface area contributed by atoms with Crippen molar-refractivity contribution in [2.75, 3.05) is 13.7 Å². The lowest BCUT2D eigenvalue weighted by Gasteiger charge is -2.13. The predicted octanol–water partition coefficient (Wildman–Crippen LogP) is 2.22. The second kappa shape index (κ2) is 9.08. The average molecular weight is 448 g/mol. The van der Waals surface area contributed by atoms with Gasteiger partial charge in [0, 0.05) is 6.54 Å². The second-order valence-electron chi connectivity index (χ2n) is 6.69. The van der Waals surface area contributed by atoms with Gasteiger partial charge in [-0.1, -0.05) is 12.1 Å². The molecule has 0 radical (unpaired) electrons. The van der Waals surface area contributed by atoms with E-state index in [4.69, 9.17) is 4.74 Å². The van der Waals surface area contributed by atoms with E-state index >= 15 is 0 Å². The van der Waals surface area contributed by atoms with Gasteiger partial charge in [-0.2, -0.15) is 23.0 Å². The number of amides is 1. The molecule has 0 saturated carbocycles. The maximum absolute atomic E-state index is 13.0. The fourth-order valence-electron chi connectivity index (χ4n) is 2.91. The van der Waals surface area contributed by atoms with Crippen LogP contribution in [0.5, 0.6) is 5.75 Å². The molecule has 1 aromatic heterocycles. The Morgan fingerprint density at radius 2 is 1.69 bits per heavy atom. The van der Waals surface area contributed by atoms with Gasteiger partial charge in [-0.15, -0.1) is 0 Å². The van der Waals surface area contributed by atoms with Gasteiger partial charge in [-0.25, -0.2) is 4.79 Å². The monoisotopic (exact) mass is 448 g/mol. The van der Waals surface area contributed by atoms with Crippen molar-refractivity contribution in [2.24, 2.45) is 0 Å². The summed E-state index contributed by atoms with van der Waals surface area (Å²) in [6, 6.07) is 10.2. The van der Waals surface area contributed by atoms with Crippen LogP contribution in [0.4, 0.5) is 13.2 Å². The number of carbonyl (C=O) groups is 1. The number of nitrogens with one attached hydrogen (secondary N) is 1. The van der Waals surface area contributed by atoms with Crippen molar-refractivity contribution in [1.82, 2.24) is 19.7 Å². The highest BCUT2D eigenvalue weighted by Gasteiger charge is 2.30. The summed E-state index contributed by atoms with van der Waals surface area (Å²) in [6.07, 6.45) is -4.52. The van der Waals surface area contributed by atoms with Crippen molar-refractivity contribution in [3.8, 4) is 11.4 Å². The fraction of sp³-hybridized carbons (Fsp3) is 0.238. The molecule has 0 aliphatic rings. The molecule has 0 atom stereocenters. The van der Waals surface area contributed by atoms with Crippen LogP contribution in [0.2, 0.25) is 0 Å². The smallest absolute Gasteiger partial charge is 0.416 e. The van der Waals surface area contributed by atoms with Crippen LogP contribution in [0, 0.1) is 0 Å². The molecular formula is C21H19F3N4O4. The zero-order valence-corrected chi connectivity index (χ0v) is 17.1. The molecule has 32 heavy (non-hydrogen) atoms. The maximum Gasteiger partial charge on any atom is 0.416 e. The first-order valence-corrected chi connectivity index (χ1v) is 9.48. The number of alkyl halides is 3. The number of hydrogen-bond acceptors (Lipinski definition) is 5. The Morgan fingerprint density at radius 1 is 1.06 bits per heavy atom. The quantitative estimate of drug-likeness (QED) is 0.624. The van der Waals surface area contributed by atoms with Gasteiger partial charge in [-0.05, 0) is 48.9 Å². The van der Waals surface area contributed by atoms with Crippen molar-refractivity contribution < 1.29 is 22.7 Å². The van der Waals surface area contributed by atoms with Gasteiger partial charge in [0.2, 0.25) is 5.69 Å². The standard InChI is InChI=1S/C21H19F3N4O4/c1-3-25-18(29)17-19(30)27(12-13-4-6-14(7-5-13)21(22,23)24)20(31)28(26-17)15-8-10-16(32-2)11-9-15/h4-11H,3,12H2,1-2H3,(H,25,29). The van der Waals surface area contributed by atoms with Gasteiger partial charge in [0.05, 0.1) is 24.9 Å². The summed E-state index contributed by atoms with van der Waals surface area (Å²) in [7, 11) is 1.47. The van der Waals surface area contributed by atoms with Crippen molar-refractivity contribution in [1.29, 1.82) is 0 Å². The first kappa shape index (κ1) is 22.8. The van der Waals surface area contributed by atoms with Crippen LogP contribution < -0.4 is 21.3 Å². The molecular weight excluding hydrogens is 429 g/mol. The van der Waals surface area contributed by atoms with Crippen LogP contribution in [0.3, 0.4) is 0 Å². The highest BCUT2D eigenvalue weighted by Crippen LogP contribution is 2.29. The topological polar surface area (TPSA) is 95.2 Å². The summed E-state index contributed by atoms with van der Waals surface area (Å²) in [5.74, 6) is -0.259. The van der Waals surface area contributed by atoms with Crippen LogP contribution in [0.25, 0.3) is 5.69 Å². The Bertz CT molecular complexity index is 1230. The zero-order valence-electron chi connectivity index (χ0n) is 17.1.